The van der Waals surface area contributed by atoms with E-state index < -0.39 is 22.0 Å². The summed E-state index contributed by atoms with van der Waals surface area (Å²) in [6.45, 7) is 5.89. The van der Waals surface area contributed by atoms with Crippen LogP contribution in [0.15, 0.2) is 64.7 Å². The van der Waals surface area contributed by atoms with Gasteiger partial charge in [-0.2, -0.15) is 4.31 Å². The maximum Gasteiger partial charge on any atom is 0.338 e. The first kappa shape index (κ1) is 28.1. The molecule has 0 aromatic heterocycles. The first-order valence-corrected chi connectivity index (χ1v) is 14.4. The second-order valence-corrected chi connectivity index (χ2v) is 11.7. The summed E-state index contributed by atoms with van der Waals surface area (Å²) in [6.07, 6.45) is 0.603. The maximum absolute atomic E-state index is 13.3. The molecule has 0 unspecified atom stereocenters. The van der Waals surface area contributed by atoms with Crippen LogP contribution in [0.1, 0.15) is 30.5 Å². The average Bonchev–Trinajstić information content (AvgIpc) is 3.13. The molecule has 2 heterocycles. The van der Waals surface area contributed by atoms with Crippen molar-refractivity contribution in [3.8, 4) is 0 Å². The van der Waals surface area contributed by atoms with Gasteiger partial charge in [0.2, 0.25) is 10.0 Å². The number of hydrogen-bond acceptors (Lipinski definition) is 6. The van der Waals surface area contributed by atoms with Crippen molar-refractivity contribution in [2.24, 2.45) is 0 Å². The number of nitrogens with one attached hydrogen (secondary N) is 1. The molecule has 0 aliphatic carbocycles. The van der Waals surface area contributed by atoms with E-state index in [0.29, 0.717) is 48.9 Å². The highest BCUT2D eigenvalue weighted by Crippen LogP contribution is 2.33. The zero-order chi connectivity index (χ0) is 27.4. The largest absolute Gasteiger partial charge is 0.463 e. The van der Waals surface area contributed by atoms with Crippen molar-refractivity contribution < 1.29 is 22.7 Å². The Morgan fingerprint density at radius 2 is 1.79 bits per heavy atom. The van der Waals surface area contributed by atoms with Crippen LogP contribution in [0.4, 0.5) is 4.79 Å². The van der Waals surface area contributed by atoms with Crippen LogP contribution in [0.5, 0.6) is 0 Å². The number of nitrogens with zero attached hydrogens (tertiary/aromatic N) is 3. The molecule has 11 heteroatoms. The van der Waals surface area contributed by atoms with Crippen LogP contribution in [-0.4, -0.2) is 80.9 Å². The van der Waals surface area contributed by atoms with Crippen LogP contribution in [0.2, 0.25) is 5.02 Å². The van der Waals surface area contributed by atoms with Crippen LogP contribution in [0.3, 0.4) is 0 Å². The van der Waals surface area contributed by atoms with Crippen LogP contribution in [0, 0.1) is 6.92 Å². The molecule has 0 saturated carbocycles. The van der Waals surface area contributed by atoms with Crippen LogP contribution >= 0.6 is 11.6 Å². The van der Waals surface area contributed by atoms with Gasteiger partial charge in [-0.15, -0.1) is 0 Å². The third-order valence-electron chi connectivity index (χ3n) is 6.94. The first-order chi connectivity index (χ1) is 18.1. The maximum atomic E-state index is 13.3. The summed E-state index contributed by atoms with van der Waals surface area (Å²) in [4.78, 5) is 30.0. The molecule has 2 amide bonds. The Morgan fingerprint density at radius 1 is 1.08 bits per heavy atom. The number of amides is 2. The van der Waals surface area contributed by atoms with E-state index in [4.69, 9.17) is 16.3 Å². The lowest BCUT2D eigenvalue weighted by Gasteiger charge is -2.37. The number of benzene rings is 2. The van der Waals surface area contributed by atoms with Gasteiger partial charge in [0, 0.05) is 43.9 Å². The summed E-state index contributed by atoms with van der Waals surface area (Å²) in [5.41, 5.74) is 2.71. The van der Waals surface area contributed by atoms with Crippen molar-refractivity contribution in [1.82, 2.24) is 19.4 Å². The Balaban J connectivity index is 1.62. The predicted molar refractivity (Wildman–Crippen MR) is 145 cm³/mol. The highest BCUT2D eigenvalue weighted by molar-refractivity contribution is 7.89. The number of rotatable bonds is 7. The van der Waals surface area contributed by atoms with Crippen molar-refractivity contribution in [2.75, 3.05) is 46.4 Å². The molecular weight excluding hydrogens is 528 g/mol. The SMILES string of the molecule is CCOC(=O)C1=C(CN2CCCN(S(=O)(=O)c3ccc(Cl)cc3)CC2)N(C)C(=O)N[C@@H]1c1ccccc1C. The van der Waals surface area contributed by atoms with Crippen molar-refractivity contribution in [3.63, 3.8) is 0 Å². The average molecular weight is 561 g/mol. The summed E-state index contributed by atoms with van der Waals surface area (Å²) in [5.74, 6) is -0.482. The Kier molecular flexibility index (Phi) is 8.77. The van der Waals surface area contributed by atoms with Gasteiger partial charge in [-0.3, -0.25) is 9.80 Å². The molecule has 2 aliphatic rings. The Bertz CT molecular complexity index is 1330. The molecule has 0 spiro atoms. The summed E-state index contributed by atoms with van der Waals surface area (Å²) in [7, 11) is -2.04. The summed E-state index contributed by atoms with van der Waals surface area (Å²) >= 11 is 5.93. The molecule has 2 aromatic carbocycles. The van der Waals surface area contributed by atoms with Crippen LogP contribution in [-0.2, 0) is 19.6 Å². The topological polar surface area (TPSA) is 99.3 Å². The van der Waals surface area contributed by atoms with E-state index in [1.807, 2.05) is 31.2 Å². The lowest BCUT2D eigenvalue weighted by molar-refractivity contribution is -0.139. The highest BCUT2D eigenvalue weighted by atomic mass is 35.5. The van der Waals surface area contributed by atoms with Gasteiger partial charge in [-0.1, -0.05) is 35.9 Å². The van der Waals surface area contributed by atoms with Gasteiger partial charge in [-0.25, -0.2) is 18.0 Å². The zero-order valence-electron chi connectivity index (χ0n) is 21.8. The standard InChI is InChI=1S/C27H33ClN4O5S/c1-4-37-26(33)24-23(30(3)27(34)29-25(24)22-9-6-5-8-19(22)2)18-31-14-7-15-32(17-16-31)38(35,36)21-12-10-20(28)11-13-21/h5-6,8-13,25H,4,7,14-18H2,1-3H3,(H,29,34)/t25-/m1/s1. The monoisotopic (exact) mass is 560 g/mol. The molecule has 38 heavy (non-hydrogen) atoms. The fourth-order valence-corrected chi connectivity index (χ4v) is 6.45. The Hall–Kier alpha value is -2.92. The quantitative estimate of drug-likeness (QED) is 0.520. The van der Waals surface area contributed by atoms with Crippen molar-refractivity contribution in [3.05, 3.63) is 76.0 Å². The second-order valence-electron chi connectivity index (χ2n) is 9.37. The van der Waals surface area contributed by atoms with Gasteiger partial charge in [0.25, 0.3) is 0 Å². The molecule has 2 aliphatic heterocycles. The minimum Gasteiger partial charge on any atom is -0.463 e. The number of sulfonamides is 1. The molecule has 0 radical (unpaired) electrons. The van der Waals surface area contributed by atoms with E-state index in [0.717, 1.165) is 11.1 Å². The first-order valence-electron chi connectivity index (χ1n) is 12.6. The Labute approximate surface area is 229 Å². The molecule has 204 valence electrons. The minimum atomic E-state index is -3.67. The number of likely N-dealkylation sites (N-methyl/N-ethyl adjacent to an activating group) is 1. The predicted octanol–water partition coefficient (Wildman–Crippen LogP) is 3.56. The lowest BCUT2D eigenvalue weighted by atomic mass is 9.91. The zero-order valence-corrected chi connectivity index (χ0v) is 23.4. The Morgan fingerprint density at radius 3 is 2.47 bits per heavy atom. The molecule has 9 nitrogen and oxygen atoms in total. The highest BCUT2D eigenvalue weighted by Gasteiger charge is 2.38. The minimum absolute atomic E-state index is 0.201. The molecule has 1 saturated heterocycles. The molecular formula is C27H33ClN4O5S. The number of urea groups is 1. The molecule has 2 aromatic rings. The fraction of sp³-hybridized carbons (Fsp3) is 0.407. The van der Waals surface area contributed by atoms with Gasteiger partial charge in [0.05, 0.1) is 23.1 Å². The van der Waals surface area contributed by atoms with Crippen molar-refractivity contribution in [2.45, 2.75) is 31.2 Å². The normalized spacial score (nSPS) is 19.7. The molecule has 1 fully saturated rings. The smallest absolute Gasteiger partial charge is 0.338 e. The summed E-state index contributed by atoms with van der Waals surface area (Å²) < 4.78 is 33.3. The summed E-state index contributed by atoms with van der Waals surface area (Å²) in [5, 5.41) is 3.43. The number of aryl methyl sites for hydroxylation is 1. The van der Waals surface area contributed by atoms with E-state index in [1.54, 1.807) is 26.1 Å². The van der Waals surface area contributed by atoms with E-state index in [-0.39, 0.29) is 24.1 Å². The van der Waals surface area contributed by atoms with E-state index in [9.17, 15) is 18.0 Å². The van der Waals surface area contributed by atoms with Gasteiger partial charge in [0.1, 0.15) is 0 Å². The van der Waals surface area contributed by atoms with Crippen LogP contribution in [0.25, 0.3) is 0 Å². The van der Waals surface area contributed by atoms with Gasteiger partial charge >= 0.3 is 12.0 Å². The third kappa shape index (κ3) is 5.88. The number of esters is 1. The third-order valence-corrected chi connectivity index (χ3v) is 9.11. The molecule has 4 rings (SSSR count). The molecule has 0 bridgehead atoms. The van der Waals surface area contributed by atoms with E-state index in [2.05, 4.69) is 10.2 Å². The number of carbonyl (C=O) groups excluding carboxylic acids is 2. The molecule has 1 N–H and O–H groups in total. The second kappa shape index (κ2) is 11.9. The summed E-state index contributed by atoms with van der Waals surface area (Å²) in [6, 6.07) is 12.8. The number of halogens is 1. The number of hydrogen-bond donors (Lipinski definition) is 1. The van der Waals surface area contributed by atoms with Crippen molar-refractivity contribution >= 4 is 33.6 Å². The van der Waals surface area contributed by atoms with Gasteiger partial charge in [-0.05, 0) is 62.2 Å². The van der Waals surface area contributed by atoms with Crippen molar-refractivity contribution in [1.29, 1.82) is 0 Å². The van der Waals surface area contributed by atoms with Gasteiger partial charge in [0.15, 0.2) is 0 Å². The number of ether oxygens (including phenoxy) is 1. The van der Waals surface area contributed by atoms with E-state index >= 15 is 0 Å². The lowest BCUT2D eigenvalue weighted by Crippen LogP contribution is -2.49. The fourth-order valence-electron chi connectivity index (χ4n) is 4.86. The molecule has 1 atom stereocenters. The van der Waals surface area contributed by atoms with Gasteiger partial charge < -0.3 is 10.1 Å². The number of carbonyl (C=O) groups is 2. The van der Waals surface area contributed by atoms with Crippen LogP contribution < -0.4 is 5.32 Å². The van der Waals surface area contributed by atoms with E-state index in [1.165, 1.54) is 21.3 Å².